The molecule has 1 saturated heterocycles. The van der Waals surface area contributed by atoms with Crippen LogP contribution in [0.25, 0.3) is 0 Å². The van der Waals surface area contributed by atoms with Gasteiger partial charge in [0.2, 0.25) is 11.9 Å². The van der Waals surface area contributed by atoms with E-state index in [1.54, 1.807) is 24.7 Å². The molecule has 1 amide bonds. The molecule has 1 aromatic carbocycles. The van der Waals surface area contributed by atoms with Gasteiger partial charge < -0.3 is 10.2 Å². The summed E-state index contributed by atoms with van der Waals surface area (Å²) in [7, 11) is 0. The van der Waals surface area contributed by atoms with Crippen LogP contribution in [0.15, 0.2) is 61.1 Å². The zero-order valence-corrected chi connectivity index (χ0v) is 17.4. The van der Waals surface area contributed by atoms with Gasteiger partial charge in [-0.25, -0.2) is 9.97 Å². The van der Waals surface area contributed by atoms with Gasteiger partial charge in [-0.05, 0) is 55.2 Å². The van der Waals surface area contributed by atoms with Crippen LogP contribution in [-0.4, -0.2) is 38.8 Å². The maximum absolute atomic E-state index is 12.7. The van der Waals surface area contributed by atoms with Crippen LogP contribution in [0.3, 0.4) is 0 Å². The van der Waals surface area contributed by atoms with Crippen molar-refractivity contribution in [1.82, 2.24) is 19.9 Å². The minimum atomic E-state index is 0.194. The summed E-state index contributed by atoms with van der Waals surface area (Å²) in [5.74, 6) is 0.997. The Balaban J connectivity index is 1.33. The second kappa shape index (κ2) is 9.67. The summed E-state index contributed by atoms with van der Waals surface area (Å²) in [6.45, 7) is 1.53. The van der Waals surface area contributed by atoms with E-state index in [2.05, 4.69) is 20.3 Å². The van der Waals surface area contributed by atoms with E-state index in [-0.39, 0.29) is 11.8 Å². The number of likely N-dealkylation sites (tertiary alicyclic amines) is 1. The third kappa shape index (κ3) is 5.33. The van der Waals surface area contributed by atoms with Crippen LogP contribution in [0, 0.1) is 0 Å². The SMILES string of the molecule is O=C(CCc1cccc(Cl)c1)N1CCC[C@@H](c2ccc(Nc3ncccn3)cn2)C1. The van der Waals surface area contributed by atoms with Gasteiger partial charge in [0.05, 0.1) is 11.9 Å². The summed E-state index contributed by atoms with van der Waals surface area (Å²) in [6, 6.07) is 13.5. The number of benzene rings is 1. The maximum Gasteiger partial charge on any atom is 0.227 e. The first-order valence-corrected chi connectivity index (χ1v) is 10.6. The second-order valence-electron chi connectivity index (χ2n) is 7.48. The lowest BCUT2D eigenvalue weighted by atomic mass is 9.94. The van der Waals surface area contributed by atoms with Crippen LogP contribution in [-0.2, 0) is 11.2 Å². The van der Waals surface area contributed by atoms with E-state index >= 15 is 0 Å². The first-order valence-electron chi connectivity index (χ1n) is 10.2. The van der Waals surface area contributed by atoms with E-state index in [1.165, 1.54) is 0 Å². The molecule has 0 saturated carbocycles. The minimum absolute atomic E-state index is 0.194. The lowest BCUT2D eigenvalue weighted by molar-refractivity contribution is -0.132. The van der Waals surface area contributed by atoms with E-state index in [9.17, 15) is 4.79 Å². The summed E-state index contributed by atoms with van der Waals surface area (Å²) in [5, 5.41) is 3.85. The van der Waals surface area contributed by atoms with E-state index in [0.717, 1.165) is 42.9 Å². The predicted octanol–water partition coefficient (Wildman–Crippen LogP) is 4.61. The monoisotopic (exact) mass is 421 g/mol. The van der Waals surface area contributed by atoms with Crippen LogP contribution in [0.4, 0.5) is 11.6 Å². The first kappa shape index (κ1) is 20.3. The van der Waals surface area contributed by atoms with Crippen molar-refractivity contribution in [1.29, 1.82) is 0 Å². The number of pyridine rings is 1. The van der Waals surface area contributed by atoms with Gasteiger partial charge in [0.25, 0.3) is 0 Å². The smallest absolute Gasteiger partial charge is 0.227 e. The van der Waals surface area contributed by atoms with Crippen LogP contribution in [0.5, 0.6) is 0 Å². The van der Waals surface area contributed by atoms with Crippen LogP contribution in [0.2, 0.25) is 5.02 Å². The van der Waals surface area contributed by atoms with Gasteiger partial charge in [0.1, 0.15) is 0 Å². The van der Waals surface area contributed by atoms with Crippen molar-refractivity contribution in [3.05, 3.63) is 77.3 Å². The van der Waals surface area contributed by atoms with Gasteiger partial charge in [-0.1, -0.05) is 23.7 Å². The van der Waals surface area contributed by atoms with E-state index in [0.29, 0.717) is 23.8 Å². The average Bonchev–Trinajstić information content (AvgIpc) is 2.79. The van der Waals surface area contributed by atoms with Crippen molar-refractivity contribution in [3.8, 4) is 0 Å². The third-order valence-corrected chi connectivity index (χ3v) is 5.55. The second-order valence-corrected chi connectivity index (χ2v) is 7.91. The Morgan fingerprint density at radius 3 is 2.77 bits per heavy atom. The van der Waals surface area contributed by atoms with Gasteiger partial charge in [0.15, 0.2) is 0 Å². The van der Waals surface area contributed by atoms with Crippen molar-refractivity contribution in [2.45, 2.75) is 31.6 Å². The van der Waals surface area contributed by atoms with Gasteiger partial charge in [-0.2, -0.15) is 0 Å². The Hall–Kier alpha value is -2.99. The fourth-order valence-corrected chi connectivity index (χ4v) is 3.97. The van der Waals surface area contributed by atoms with Gasteiger partial charge >= 0.3 is 0 Å². The zero-order chi connectivity index (χ0) is 20.8. The molecule has 0 radical (unpaired) electrons. The summed E-state index contributed by atoms with van der Waals surface area (Å²) in [5.41, 5.74) is 2.95. The number of nitrogens with zero attached hydrogens (tertiary/aromatic N) is 4. The molecule has 1 aliphatic rings. The predicted molar refractivity (Wildman–Crippen MR) is 118 cm³/mol. The minimum Gasteiger partial charge on any atom is -0.342 e. The molecule has 0 aliphatic carbocycles. The van der Waals surface area contributed by atoms with E-state index in [4.69, 9.17) is 11.6 Å². The van der Waals surface area contributed by atoms with Gasteiger partial charge in [-0.15, -0.1) is 0 Å². The van der Waals surface area contributed by atoms with E-state index in [1.807, 2.05) is 41.3 Å². The molecule has 6 nitrogen and oxygen atoms in total. The highest BCUT2D eigenvalue weighted by Crippen LogP contribution is 2.27. The number of hydrogen-bond acceptors (Lipinski definition) is 5. The Labute approximate surface area is 181 Å². The largest absolute Gasteiger partial charge is 0.342 e. The number of aromatic nitrogens is 3. The number of piperidine rings is 1. The third-order valence-electron chi connectivity index (χ3n) is 5.32. The van der Waals surface area contributed by atoms with Crippen LogP contribution in [0.1, 0.15) is 36.4 Å². The Morgan fingerprint density at radius 2 is 2.00 bits per heavy atom. The zero-order valence-electron chi connectivity index (χ0n) is 16.7. The van der Waals surface area contributed by atoms with E-state index < -0.39 is 0 Å². The molecule has 1 N–H and O–H groups in total. The number of halogens is 1. The maximum atomic E-state index is 12.7. The topological polar surface area (TPSA) is 71.0 Å². The molecule has 0 bridgehead atoms. The quantitative estimate of drug-likeness (QED) is 0.629. The Morgan fingerprint density at radius 1 is 1.13 bits per heavy atom. The number of hydrogen-bond donors (Lipinski definition) is 1. The Kier molecular flexibility index (Phi) is 6.54. The number of carbonyl (C=O) groups is 1. The van der Waals surface area contributed by atoms with Crippen molar-refractivity contribution in [2.75, 3.05) is 18.4 Å². The normalized spacial score (nSPS) is 16.3. The lowest BCUT2D eigenvalue weighted by Crippen LogP contribution is -2.39. The summed E-state index contributed by atoms with van der Waals surface area (Å²) < 4.78 is 0. The fourth-order valence-electron chi connectivity index (χ4n) is 3.76. The molecule has 1 atom stereocenters. The molecule has 30 heavy (non-hydrogen) atoms. The summed E-state index contributed by atoms with van der Waals surface area (Å²) in [6.07, 6.45) is 8.42. The van der Waals surface area contributed by atoms with Crippen molar-refractivity contribution < 1.29 is 4.79 Å². The molecule has 0 unspecified atom stereocenters. The summed E-state index contributed by atoms with van der Waals surface area (Å²) >= 11 is 6.04. The highest BCUT2D eigenvalue weighted by atomic mass is 35.5. The number of nitrogens with one attached hydrogen (secondary N) is 1. The molecule has 4 rings (SSSR count). The molecule has 2 aromatic heterocycles. The highest BCUT2D eigenvalue weighted by molar-refractivity contribution is 6.30. The van der Waals surface area contributed by atoms with Gasteiger partial charge in [-0.3, -0.25) is 9.78 Å². The standard InChI is InChI=1S/C23H24ClN5O/c24-19-6-1-4-17(14-19)7-10-22(30)29-13-2-5-18(16-29)21-9-8-20(15-27-21)28-23-25-11-3-12-26-23/h1,3-4,6,8-9,11-12,14-15,18H,2,5,7,10,13,16H2,(H,25,26,28)/t18-/m1/s1. The molecule has 1 aliphatic heterocycles. The fraction of sp³-hybridized carbons (Fsp3) is 0.304. The molecule has 3 aromatic rings. The van der Waals surface area contributed by atoms with Crippen molar-refractivity contribution in [3.63, 3.8) is 0 Å². The number of rotatable bonds is 6. The van der Waals surface area contributed by atoms with Crippen LogP contribution >= 0.6 is 11.6 Å². The van der Waals surface area contributed by atoms with Crippen molar-refractivity contribution >= 4 is 29.1 Å². The number of aryl methyl sites for hydroxylation is 1. The molecular formula is C23H24ClN5O. The molecule has 154 valence electrons. The van der Waals surface area contributed by atoms with Gasteiger partial charge in [0, 0.05) is 48.5 Å². The van der Waals surface area contributed by atoms with Crippen LogP contribution < -0.4 is 5.32 Å². The highest BCUT2D eigenvalue weighted by Gasteiger charge is 2.25. The molecule has 3 heterocycles. The molecule has 7 heteroatoms. The van der Waals surface area contributed by atoms with Crippen molar-refractivity contribution in [2.24, 2.45) is 0 Å². The first-order chi connectivity index (χ1) is 14.7. The number of carbonyl (C=O) groups excluding carboxylic acids is 1. The molecule has 0 spiro atoms. The number of amides is 1. The molecular weight excluding hydrogens is 398 g/mol. The lowest BCUT2D eigenvalue weighted by Gasteiger charge is -2.32. The Bertz CT molecular complexity index is 980. The number of anilines is 2. The average molecular weight is 422 g/mol. The molecule has 1 fully saturated rings. The summed E-state index contributed by atoms with van der Waals surface area (Å²) in [4.78, 5) is 27.7.